The van der Waals surface area contributed by atoms with E-state index in [1.165, 1.54) is 4.90 Å². The Bertz CT molecular complexity index is 1110. The highest BCUT2D eigenvalue weighted by Crippen LogP contribution is 2.31. The van der Waals surface area contributed by atoms with Crippen LogP contribution < -0.4 is 10.2 Å². The fraction of sp³-hybridized carbons (Fsp3) is 0.217. The van der Waals surface area contributed by atoms with Crippen molar-refractivity contribution in [2.75, 3.05) is 23.8 Å². The number of nitrogens with zero attached hydrogens (tertiary/aromatic N) is 4. The van der Waals surface area contributed by atoms with Gasteiger partial charge < -0.3 is 15.1 Å². The third-order valence-corrected chi connectivity index (χ3v) is 5.23. The van der Waals surface area contributed by atoms with Crippen molar-refractivity contribution < 1.29 is 14.4 Å². The molecule has 1 aliphatic heterocycles. The number of amides is 3. The van der Waals surface area contributed by atoms with Crippen molar-refractivity contribution in [2.45, 2.75) is 19.4 Å². The molecule has 2 heterocycles. The van der Waals surface area contributed by atoms with E-state index in [-0.39, 0.29) is 36.7 Å². The van der Waals surface area contributed by atoms with Gasteiger partial charge >= 0.3 is 0 Å². The van der Waals surface area contributed by atoms with Crippen LogP contribution in [0.5, 0.6) is 0 Å². The molecule has 8 heteroatoms. The molecule has 1 N–H and O–H groups in total. The highest BCUT2D eigenvalue weighted by atomic mass is 16.2. The smallest absolute Gasteiger partial charge is 0.254 e. The molecule has 0 radical (unpaired) electrons. The van der Waals surface area contributed by atoms with Crippen molar-refractivity contribution in [3.8, 4) is 5.69 Å². The van der Waals surface area contributed by atoms with Gasteiger partial charge in [0, 0.05) is 37.5 Å². The molecule has 0 aliphatic carbocycles. The molecule has 4 rings (SSSR count). The minimum atomic E-state index is -0.326. The number of carbonyl (C=O) groups is 3. The van der Waals surface area contributed by atoms with E-state index in [0.717, 1.165) is 5.69 Å². The van der Waals surface area contributed by atoms with Crippen LogP contribution in [0.1, 0.15) is 23.7 Å². The summed E-state index contributed by atoms with van der Waals surface area (Å²) >= 11 is 0. The minimum absolute atomic E-state index is 0.105. The summed E-state index contributed by atoms with van der Waals surface area (Å²) in [7, 11) is 1.60. The Kier molecular flexibility index (Phi) is 5.53. The molecule has 158 valence electrons. The molecule has 2 aromatic carbocycles. The molecule has 1 aliphatic rings. The monoisotopic (exact) mass is 417 g/mol. The second kappa shape index (κ2) is 8.43. The number of para-hydroxylation sites is 2. The van der Waals surface area contributed by atoms with E-state index in [9.17, 15) is 14.4 Å². The lowest BCUT2D eigenvalue weighted by molar-refractivity contribution is -0.119. The Morgan fingerprint density at radius 1 is 1.13 bits per heavy atom. The van der Waals surface area contributed by atoms with E-state index in [1.807, 2.05) is 25.3 Å². The number of rotatable bonds is 4. The lowest BCUT2D eigenvalue weighted by Crippen LogP contribution is -2.45. The molecule has 1 atom stereocenters. The van der Waals surface area contributed by atoms with Crippen LogP contribution in [0.25, 0.3) is 5.69 Å². The number of aromatic nitrogens is 2. The number of anilines is 2. The molecule has 3 aromatic rings. The van der Waals surface area contributed by atoms with E-state index >= 15 is 0 Å². The quantitative estimate of drug-likeness (QED) is 0.707. The zero-order valence-electron chi connectivity index (χ0n) is 17.4. The average Bonchev–Trinajstić information content (AvgIpc) is 3.25. The maximum Gasteiger partial charge on any atom is 0.254 e. The summed E-state index contributed by atoms with van der Waals surface area (Å²) in [5, 5.41) is 7.00. The molecule has 8 nitrogen and oxygen atoms in total. The van der Waals surface area contributed by atoms with Crippen molar-refractivity contribution in [3.05, 3.63) is 72.6 Å². The van der Waals surface area contributed by atoms with Gasteiger partial charge in [-0.3, -0.25) is 14.4 Å². The Morgan fingerprint density at radius 2 is 1.87 bits per heavy atom. The van der Waals surface area contributed by atoms with Crippen LogP contribution in [-0.2, 0) is 9.59 Å². The number of nitrogens with one attached hydrogen (secondary N) is 1. The van der Waals surface area contributed by atoms with E-state index in [2.05, 4.69) is 10.4 Å². The molecule has 31 heavy (non-hydrogen) atoms. The first-order valence-electron chi connectivity index (χ1n) is 10.0. The standard InChI is InChI=1S/C23H23N5O3/c1-16-14-21(29)25-19-6-3-4-7-20(19)28(16)22(30)15-26(2)23(31)17-8-10-18(11-9-17)27-13-5-12-24-27/h3-13,16H,14-15H2,1-2H3,(H,25,29)/t16-/m0/s1. The van der Waals surface area contributed by atoms with Gasteiger partial charge in [0.05, 0.1) is 17.1 Å². The van der Waals surface area contributed by atoms with Gasteiger partial charge in [-0.15, -0.1) is 0 Å². The number of hydrogen-bond donors (Lipinski definition) is 1. The summed E-state index contributed by atoms with van der Waals surface area (Å²) in [5.41, 5.74) is 2.54. The summed E-state index contributed by atoms with van der Waals surface area (Å²) in [5.74, 6) is -0.650. The molecular weight excluding hydrogens is 394 g/mol. The Labute approximate surface area is 180 Å². The fourth-order valence-electron chi connectivity index (χ4n) is 3.72. The topological polar surface area (TPSA) is 87.5 Å². The first-order chi connectivity index (χ1) is 14.9. The van der Waals surface area contributed by atoms with Crippen molar-refractivity contribution in [1.82, 2.24) is 14.7 Å². The molecular formula is C23H23N5O3. The molecule has 0 bridgehead atoms. The van der Waals surface area contributed by atoms with Gasteiger partial charge in [-0.25, -0.2) is 4.68 Å². The molecule has 0 fully saturated rings. The van der Waals surface area contributed by atoms with Crippen LogP contribution in [0.15, 0.2) is 67.0 Å². The molecule has 1 aromatic heterocycles. The summed E-state index contributed by atoms with van der Waals surface area (Å²) < 4.78 is 1.70. The van der Waals surface area contributed by atoms with Crippen LogP contribution in [0, 0.1) is 0 Å². The van der Waals surface area contributed by atoms with Crippen molar-refractivity contribution in [3.63, 3.8) is 0 Å². The van der Waals surface area contributed by atoms with Crippen LogP contribution >= 0.6 is 0 Å². The SMILES string of the molecule is C[C@H]1CC(=O)Nc2ccccc2N1C(=O)CN(C)C(=O)c1ccc(-n2cccn2)cc1. The van der Waals surface area contributed by atoms with Crippen LogP contribution in [0.3, 0.4) is 0 Å². The third-order valence-electron chi connectivity index (χ3n) is 5.23. The zero-order chi connectivity index (χ0) is 22.0. The van der Waals surface area contributed by atoms with E-state index in [1.54, 1.807) is 65.3 Å². The molecule has 0 unspecified atom stereocenters. The minimum Gasteiger partial charge on any atom is -0.332 e. The highest BCUT2D eigenvalue weighted by Gasteiger charge is 2.30. The number of hydrogen-bond acceptors (Lipinski definition) is 4. The van der Waals surface area contributed by atoms with E-state index < -0.39 is 0 Å². The van der Waals surface area contributed by atoms with Crippen molar-refractivity contribution in [1.29, 1.82) is 0 Å². The largest absolute Gasteiger partial charge is 0.332 e. The van der Waals surface area contributed by atoms with Gasteiger partial charge in [0.25, 0.3) is 5.91 Å². The average molecular weight is 417 g/mol. The summed E-state index contributed by atoms with van der Waals surface area (Å²) in [6, 6.07) is 15.7. The normalized spacial score (nSPS) is 15.6. The predicted molar refractivity (Wildman–Crippen MR) is 117 cm³/mol. The lowest BCUT2D eigenvalue weighted by atomic mass is 10.1. The van der Waals surface area contributed by atoms with Crippen LogP contribution in [0.2, 0.25) is 0 Å². The fourth-order valence-corrected chi connectivity index (χ4v) is 3.72. The maximum atomic E-state index is 13.2. The first-order valence-corrected chi connectivity index (χ1v) is 10.0. The number of benzene rings is 2. The van der Waals surface area contributed by atoms with Gasteiger partial charge in [-0.2, -0.15) is 5.10 Å². The summed E-state index contributed by atoms with van der Waals surface area (Å²) in [6.07, 6.45) is 3.69. The second-order valence-corrected chi connectivity index (χ2v) is 7.54. The first kappa shape index (κ1) is 20.3. The Hall–Kier alpha value is -3.94. The van der Waals surface area contributed by atoms with Crippen molar-refractivity contribution >= 4 is 29.1 Å². The van der Waals surface area contributed by atoms with E-state index in [0.29, 0.717) is 16.9 Å². The van der Waals surface area contributed by atoms with Gasteiger partial charge in [0.15, 0.2) is 0 Å². The molecule has 3 amide bonds. The van der Waals surface area contributed by atoms with Gasteiger partial charge in [0.2, 0.25) is 11.8 Å². The number of carbonyl (C=O) groups excluding carboxylic acids is 3. The van der Waals surface area contributed by atoms with Crippen LogP contribution in [-0.4, -0.2) is 52.0 Å². The molecule has 0 saturated heterocycles. The predicted octanol–water partition coefficient (Wildman–Crippen LogP) is 2.71. The number of fused-ring (bicyclic) bond motifs is 1. The Balaban J connectivity index is 1.50. The van der Waals surface area contributed by atoms with Crippen LogP contribution in [0.4, 0.5) is 11.4 Å². The molecule has 0 saturated carbocycles. The lowest BCUT2D eigenvalue weighted by Gasteiger charge is -2.29. The van der Waals surface area contributed by atoms with E-state index in [4.69, 9.17) is 0 Å². The van der Waals surface area contributed by atoms with Crippen molar-refractivity contribution in [2.24, 2.45) is 0 Å². The summed E-state index contributed by atoms with van der Waals surface area (Å²) in [4.78, 5) is 41.2. The summed E-state index contributed by atoms with van der Waals surface area (Å²) in [6.45, 7) is 1.72. The number of likely N-dealkylation sites (N-methyl/N-ethyl adjacent to an activating group) is 1. The van der Waals surface area contributed by atoms with Gasteiger partial charge in [-0.1, -0.05) is 12.1 Å². The maximum absolute atomic E-state index is 13.2. The zero-order valence-corrected chi connectivity index (χ0v) is 17.4. The van der Waals surface area contributed by atoms with Gasteiger partial charge in [-0.05, 0) is 49.4 Å². The second-order valence-electron chi connectivity index (χ2n) is 7.54. The molecule has 0 spiro atoms. The highest BCUT2D eigenvalue weighted by molar-refractivity contribution is 6.06. The third kappa shape index (κ3) is 4.18. The Morgan fingerprint density at radius 3 is 2.58 bits per heavy atom. The van der Waals surface area contributed by atoms with Gasteiger partial charge in [0.1, 0.15) is 6.54 Å².